The summed E-state index contributed by atoms with van der Waals surface area (Å²) in [6.45, 7) is 3.42. The van der Waals surface area contributed by atoms with Gasteiger partial charge in [0.15, 0.2) is 5.69 Å². The van der Waals surface area contributed by atoms with Crippen LogP contribution in [0.2, 0.25) is 0 Å². The Morgan fingerprint density at radius 2 is 1.66 bits per heavy atom. The van der Waals surface area contributed by atoms with Crippen molar-refractivity contribution in [2.24, 2.45) is 0 Å². The van der Waals surface area contributed by atoms with Crippen molar-refractivity contribution in [1.82, 2.24) is 19.2 Å². The van der Waals surface area contributed by atoms with Crippen molar-refractivity contribution >= 4 is 5.91 Å². The molecule has 0 saturated carbocycles. The zero-order valence-electron chi connectivity index (χ0n) is 16.3. The number of aromatic nitrogens is 3. The molecule has 0 N–H and O–H groups in total. The Bertz CT molecular complexity index is 1140. The maximum atomic E-state index is 13.6. The van der Waals surface area contributed by atoms with Crippen LogP contribution in [0.4, 0.5) is 0 Å². The first-order valence-electron chi connectivity index (χ1n) is 9.85. The average molecular weight is 382 g/mol. The lowest BCUT2D eigenvalue weighted by atomic mass is 9.99. The third kappa shape index (κ3) is 3.05. The van der Waals surface area contributed by atoms with E-state index in [1.54, 1.807) is 0 Å². The Morgan fingerprint density at radius 3 is 2.41 bits per heavy atom. The van der Waals surface area contributed by atoms with Gasteiger partial charge in [-0.1, -0.05) is 48.5 Å². The van der Waals surface area contributed by atoms with Gasteiger partial charge in [0.2, 0.25) is 0 Å². The van der Waals surface area contributed by atoms with Crippen molar-refractivity contribution < 1.29 is 4.79 Å². The van der Waals surface area contributed by atoms with Crippen LogP contribution < -0.4 is 0 Å². The van der Waals surface area contributed by atoms with Crippen molar-refractivity contribution in [3.8, 4) is 5.69 Å². The molecule has 0 spiro atoms. The molecule has 5 nitrogen and oxygen atoms in total. The molecule has 1 unspecified atom stereocenters. The van der Waals surface area contributed by atoms with Gasteiger partial charge in [0.05, 0.1) is 11.7 Å². The van der Waals surface area contributed by atoms with Crippen LogP contribution in [0.15, 0.2) is 85.1 Å². The highest BCUT2D eigenvalue weighted by molar-refractivity contribution is 5.93. The molecule has 0 saturated heterocycles. The first-order chi connectivity index (χ1) is 14.2. The van der Waals surface area contributed by atoms with Crippen LogP contribution in [0.1, 0.15) is 33.5 Å². The van der Waals surface area contributed by atoms with Crippen LogP contribution in [0.3, 0.4) is 0 Å². The zero-order chi connectivity index (χ0) is 19.8. The lowest BCUT2D eigenvalue weighted by molar-refractivity contribution is 0.0657. The quantitative estimate of drug-likeness (QED) is 0.532. The van der Waals surface area contributed by atoms with Gasteiger partial charge in [0.25, 0.3) is 5.91 Å². The fraction of sp³-hybridized carbons (Fsp3) is 0.167. The number of hydrogen-bond acceptors (Lipinski definition) is 2. The molecule has 5 rings (SSSR count). The van der Waals surface area contributed by atoms with Crippen molar-refractivity contribution in [1.29, 1.82) is 0 Å². The molecule has 5 heteroatoms. The van der Waals surface area contributed by atoms with Crippen LogP contribution >= 0.6 is 0 Å². The van der Waals surface area contributed by atoms with E-state index in [9.17, 15) is 4.79 Å². The fourth-order valence-corrected chi connectivity index (χ4v) is 4.14. The maximum Gasteiger partial charge on any atom is 0.275 e. The number of nitrogens with zero attached hydrogens (tertiary/aromatic N) is 4. The molecule has 144 valence electrons. The number of benzene rings is 2. The van der Waals surface area contributed by atoms with Gasteiger partial charge >= 0.3 is 0 Å². The summed E-state index contributed by atoms with van der Waals surface area (Å²) in [6.07, 6.45) is 2.08. The van der Waals surface area contributed by atoms with E-state index in [4.69, 9.17) is 0 Å². The first kappa shape index (κ1) is 17.5. The molecule has 0 fully saturated rings. The molecular formula is C24H22N4O. The third-order valence-electron chi connectivity index (χ3n) is 5.52. The first-order valence-corrected chi connectivity index (χ1v) is 9.85. The standard InChI is InChI=1S/C24H22N4O/c1-18-17-21(25-28(18)20-11-6-3-7-12-20)24(29)27-16-15-26-14-8-13-22(26)23(27)19-9-4-2-5-10-19/h2-14,17,23H,15-16H2,1H3. The molecule has 1 amide bonds. The Hall–Kier alpha value is -3.60. The minimum Gasteiger partial charge on any atom is -0.348 e. The van der Waals surface area contributed by atoms with Gasteiger partial charge in [-0.15, -0.1) is 0 Å². The van der Waals surface area contributed by atoms with E-state index < -0.39 is 0 Å². The van der Waals surface area contributed by atoms with Gasteiger partial charge in [-0.05, 0) is 42.8 Å². The lowest BCUT2D eigenvalue weighted by Crippen LogP contribution is -2.42. The molecule has 1 atom stereocenters. The molecule has 0 radical (unpaired) electrons. The number of aryl methyl sites for hydroxylation is 1. The van der Waals surface area contributed by atoms with E-state index in [2.05, 4.69) is 34.1 Å². The Kier molecular flexibility index (Phi) is 4.28. The second-order valence-electron chi connectivity index (χ2n) is 7.36. The number of amides is 1. The number of fused-ring (bicyclic) bond motifs is 1. The van der Waals surface area contributed by atoms with Gasteiger partial charge in [-0.25, -0.2) is 4.68 Å². The van der Waals surface area contributed by atoms with E-state index in [1.807, 2.05) is 77.2 Å². The second-order valence-corrected chi connectivity index (χ2v) is 7.36. The van der Waals surface area contributed by atoms with Crippen LogP contribution in [0, 0.1) is 6.92 Å². The van der Waals surface area contributed by atoms with E-state index in [0.29, 0.717) is 12.2 Å². The van der Waals surface area contributed by atoms with Crippen LogP contribution in [0.5, 0.6) is 0 Å². The molecule has 2 aromatic carbocycles. The Labute approximate surface area is 169 Å². The molecule has 3 heterocycles. The summed E-state index contributed by atoms with van der Waals surface area (Å²) < 4.78 is 4.06. The molecule has 0 bridgehead atoms. The molecule has 29 heavy (non-hydrogen) atoms. The second kappa shape index (κ2) is 7.09. The zero-order valence-corrected chi connectivity index (χ0v) is 16.3. The van der Waals surface area contributed by atoms with Crippen molar-refractivity contribution in [2.45, 2.75) is 19.5 Å². The number of carbonyl (C=O) groups is 1. The van der Waals surface area contributed by atoms with Crippen molar-refractivity contribution in [2.75, 3.05) is 6.54 Å². The summed E-state index contributed by atoms with van der Waals surface area (Å²) in [5, 5.41) is 4.65. The highest BCUT2D eigenvalue weighted by Crippen LogP contribution is 2.33. The Balaban J connectivity index is 1.54. The van der Waals surface area contributed by atoms with E-state index >= 15 is 0 Å². The van der Waals surface area contributed by atoms with Gasteiger partial charge < -0.3 is 9.47 Å². The van der Waals surface area contributed by atoms with Gasteiger partial charge in [-0.2, -0.15) is 5.10 Å². The molecule has 4 aromatic rings. The monoisotopic (exact) mass is 382 g/mol. The smallest absolute Gasteiger partial charge is 0.275 e. The van der Waals surface area contributed by atoms with E-state index in [1.165, 1.54) is 0 Å². The number of para-hydroxylation sites is 1. The SMILES string of the molecule is Cc1cc(C(=O)N2CCn3cccc3C2c2ccccc2)nn1-c1ccccc1. The topological polar surface area (TPSA) is 43.1 Å². The summed E-state index contributed by atoms with van der Waals surface area (Å²) in [6, 6.07) is 26.0. The molecular weight excluding hydrogens is 360 g/mol. The number of rotatable bonds is 3. The van der Waals surface area contributed by atoms with Crippen molar-refractivity contribution in [3.05, 3.63) is 108 Å². The number of carbonyl (C=O) groups excluding carboxylic acids is 1. The summed E-state index contributed by atoms with van der Waals surface area (Å²) in [7, 11) is 0. The fourth-order valence-electron chi connectivity index (χ4n) is 4.14. The minimum atomic E-state index is -0.116. The molecule has 2 aromatic heterocycles. The predicted molar refractivity (Wildman–Crippen MR) is 112 cm³/mol. The summed E-state index contributed by atoms with van der Waals surface area (Å²) >= 11 is 0. The number of hydrogen-bond donors (Lipinski definition) is 0. The van der Waals surface area contributed by atoms with Gasteiger partial charge in [0, 0.05) is 30.7 Å². The van der Waals surface area contributed by atoms with E-state index in [0.717, 1.165) is 29.2 Å². The van der Waals surface area contributed by atoms with Crippen molar-refractivity contribution in [3.63, 3.8) is 0 Å². The average Bonchev–Trinajstić information content (AvgIpc) is 3.40. The lowest BCUT2D eigenvalue weighted by Gasteiger charge is -2.37. The molecule has 1 aliphatic heterocycles. The highest BCUT2D eigenvalue weighted by atomic mass is 16.2. The third-order valence-corrected chi connectivity index (χ3v) is 5.52. The van der Waals surface area contributed by atoms with Gasteiger partial charge in [-0.3, -0.25) is 4.79 Å². The molecule has 0 aliphatic carbocycles. The van der Waals surface area contributed by atoms with Crippen LogP contribution in [-0.2, 0) is 6.54 Å². The van der Waals surface area contributed by atoms with Crippen LogP contribution in [0.25, 0.3) is 5.69 Å². The minimum absolute atomic E-state index is 0.0379. The summed E-state index contributed by atoms with van der Waals surface area (Å²) in [4.78, 5) is 15.5. The summed E-state index contributed by atoms with van der Waals surface area (Å²) in [5.41, 5.74) is 4.62. The van der Waals surface area contributed by atoms with E-state index in [-0.39, 0.29) is 11.9 Å². The normalized spacial score (nSPS) is 15.9. The Morgan fingerprint density at radius 1 is 0.931 bits per heavy atom. The maximum absolute atomic E-state index is 13.6. The summed E-state index contributed by atoms with van der Waals surface area (Å²) in [5.74, 6) is -0.0379. The largest absolute Gasteiger partial charge is 0.348 e. The molecule has 1 aliphatic rings. The highest BCUT2D eigenvalue weighted by Gasteiger charge is 2.33. The van der Waals surface area contributed by atoms with Gasteiger partial charge in [0.1, 0.15) is 0 Å². The predicted octanol–water partition coefficient (Wildman–Crippen LogP) is 4.23. The van der Waals surface area contributed by atoms with Crippen LogP contribution in [-0.4, -0.2) is 31.7 Å².